The number of hydrogen-bond donors (Lipinski definition) is 0. The van der Waals surface area contributed by atoms with Gasteiger partial charge in [-0.15, -0.1) is 10.2 Å². The van der Waals surface area contributed by atoms with E-state index in [9.17, 15) is 0 Å². The van der Waals surface area contributed by atoms with Crippen molar-refractivity contribution in [3.8, 4) is 11.4 Å². The molecule has 0 atom stereocenters. The zero-order chi connectivity index (χ0) is 14.7. The van der Waals surface area contributed by atoms with Crippen molar-refractivity contribution >= 4 is 27.7 Å². The predicted molar refractivity (Wildman–Crippen MR) is 90.1 cm³/mol. The van der Waals surface area contributed by atoms with Gasteiger partial charge in [-0.1, -0.05) is 76.2 Å². The van der Waals surface area contributed by atoms with Crippen LogP contribution in [0.25, 0.3) is 11.4 Å². The first-order valence-corrected chi connectivity index (χ1v) is 8.34. The largest absolute Gasteiger partial charge is 0.305 e. The summed E-state index contributed by atoms with van der Waals surface area (Å²) in [5.74, 6) is 1.76. The minimum atomic E-state index is 0.863. The zero-order valence-electron chi connectivity index (χ0n) is 11.5. The molecule has 0 aliphatic heterocycles. The summed E-state index contributed by atoms with van der Waals surface area (Å²) in [5.41, 5.74) is 2.34. The minimum Gasteiger partial charge on any atom is -0.305 e. The Hall–Kier alpha value is -1.59. The number of rotatable bonds is 4. The van der Waals surface area contributed by atoms with E-state index in [1.165, 1.54) is 5.56 Å². The molecule has 106 valence electrons. The first-order chi connectivity index (χ1) is 10.3. The third-order valence-electron chi connectivity index (χ3n) is 3.18. The van der Waals surface area contributed by atoms with Crippen LogP contribution in [-0.2, 0) is 12.8 Å². The first-order valence-electron chi connectivity index (χ1n) is 6.57. The van der Waals surface area contributed by atoms with Crippen LogP contribution in [0, 0.1) is 0 Å². The molecule has 0 saturated carbocycles. The molecule has 0 aliphatic carbocycles. The van der Waals surface area contributed by atoms with Crippen LogP contribution >= 0.6 is 27.7 Å². The van der Waals surface area contributed by atoms with E-state index < -0.39 is 0 Å². The molecule has 0 fully saturated rings. The van der Waals surface area contributed by atoms with Crippen molar-refractivity contribution in [2.24, 2.45) is 7.05 Å². The molecule has 0 bridgehead atoms. The van der Waals surface area contributed by atoms with Crippen molar-refractivity contribution < 1.29 is 0 Å². The standard InChI is InChI=1S/C16H14BrN3S/c1-20-15(12-7-3-2-4-8-12)18-19-16(20)21-11-13-9-5-6-10-14(13)17/h2-10H,11H2,1H3. The molecule has 3 nitrogen and oxygen atoms in total. The van der Waals surface area contributed by atoms with Gasteiger partial charge in [0.2, 0.25) is 0 Å². The van der Waals surface area contributed by atoms with Crippen molar-refractivity contribution in [1.82, 2.24) is 14.8 Å². The molecule has 1 aromatic heterocycles. The van der Waals surface area contributed by atoms with Crippen LogP contribution in [0.15, 0.2) is 64.2 Å². The Morgan fingerprint density at radius 1 is 1.00 bits per heavy atom. The quantitative estimate of drug-likeness (QED) is 0.640. The first kappa shape index (κ1) is 14.4. The number of benzene rings is 2. The van der Waals surface area contributed by atoms with Gasteiger partial charge in [-0.2, -0.15) is 0 Å². The molecule has 3 rings (SSSR count). The monoisotopic (exact) mass is 359 g/mol. The van der Waals surface area contributed by atoms with Gasteiger partial charge in [0.15, 0.2) is 11.0 Å². The topological polar surface area (TPSA) is 30.7 Å². The van der Waals surface area contributed by atoms with E-state index in [0.717, 1.165) is 26.8 Å². The van der Waals surface area contributed by atoms with E-state index in [-0.39, 0.29) is 0 Å². The summed E-state index contributed by atoms with van der Waals surface area (Å²) in [6, 6.07) is 18.4. The highest BCUT2D eigenvalue weighted by molar-refractivity contribution is 9.10. The second-order valence-electron chi connectivity index (χ2n) is 4.61. The van der Waals surface area contributed by atoms with Gasteiger partial charge in [0, 0.05) is 22.8 Å². The summed E-state index contributed by atoms with van der Waals surface area (Å²) < 4.78 is 3.17. The summed E-state index contributed by atoms with van der Waals surface area (Å²) >= 11 is 5.26. The average molecular weight is 360 g/mol. The predicted octanol–water partition coefficient (Wildman–Crippen LogP) is 4.54. The van der Waals surface area contributed by atoms with Crippen LogP contribution in [0.5, 0.6) is 0 Å². The lowest BCUT2D eigenvalue weighted by Crippen LogP contribution is -1.95. The lowest BCUT2D eigenvalue weighted by Gasteiger charge is -2.05. The van der Waals surface area contributed by atoms with E-state index in [1.807, 2.05) is 54.1 Å². The van der Waals surface area contributed by atoms with Crippen LogP contribution in [0.4, 0.5) is 0 Å². The Morgan fingerprint density at radius 3 is 2.48 bits per heavy atom. The molecule has 0 unspecified atom stereocenters. The lowest BCUT2D eigenvalue weighted by atomic mass is 10.2. The molecular formula is C16H14BrN3S. The maximum absolute atomic E-state index is 4.30. The number of hydrogen-bond acceptors (Lipinski definition) is 3. The third kappa shape index (κ3) is 3.19. The number of halogens is 1. The van der Waals surface area contributed by atoms with E-state index in [2.05, 4.69) is 38.3 Å². The van der Waals surface area contributed by atoms with Gasteiger partial charge in [-0.3, -0.25) is 0 Å². The fraction of sp³-hybridized carbons (Fsp3) is 0.125. The van der Waals surface area contributed by atoms with Crippen molar-refractivity contribution in [3.63, 3.8) is 0 Å². The second-order valence-corrected chi connectivity index (χ2v) is 6.41. The molecule has 0 aliphatic rings. The third-order valence-corrected chi connectivity index (χ3v) is 5.02. The second kappa shape index (κ2) is 6.45. The molecule has 5 heteroatoms. The number of thioether (sulfide) groups is 1. The minimum absolute atomic E-state index is 0.863. The van der Waals surface area contributed by atoms with E-state index in [4.69, 9.17) is 0 Å². The van der Waals surface area contributed by atoms with Gasteiger partial charge in [0.1, 0.15) is 0 Å². The van der Waals surface area contributed by atoms with Gasteiger partial charge in [0.25, 0.3) is 0 Å². The Bertz CT molecular complexity index is 740. The zero-order valence-corrected chi connectivity index (χ0v) is 13.9. The summed E-state index contributed by atoms with van der Waals surface area (Å²) in [6.07, 6.45) is 0. The van der Waals surface area contributed by atoms with Crippen LogP contribution in [0.2, 0.25) is 0 Å². The fourth-order valence-corrected chi connectivity index (χ4v) is 3.56. The molecule has 2 aromatic carbocycles. The molecule has 3 aromatic rings. The van der Waals surface area contributed by atoms with Crippen LogP contribution in [0.1, 0.15) is 5.56 Å². The van der Waals surface area contributed by atoms with Gasteiger partial charge in [0.05, 0.1) is 0 Å². The molecule has 0 amide bonds. The highest BCUT2D eigenvalue weighted by Crippen LogP contribution is 2.27. The molecular weight excluding hydrogens is 346 g/mol. The van der Waals surface area contributed by atoms with E-state index >= 15 is 0 Å². The highest BCUT2D eigenvalue weighted by Gasteiger charge is 2.11. The lowest BCUT2D eigenvalue weighted by molar-refractivity contribution is 0.794. The summed E-state index contributed by atoms with van der Waals surface area (Å²) in [5, 5.41) is 9.52. The highest BCUT2D eigenvalue weighted by atomic mass is 79.9. The Kier molecular flexibility index (Phi) is 4.41. The van der Waals surface area contributed by atoms with Crippen LogP contribution < -0.4 is 0 Å². The SMILES string of the molecule is Cn1c(SCc2ccccc2Br)nnc1-c1ccccc1. The molecule has 0 radical (unpaired) electrons. The van der Waals surface area contributed by atoms with E-state index in [0.29, 0.717) is 0 Å². The Morgan fingerprint density at radius 2 is 1.71 bits per heavy atom. The Balaban J connectivity index is 1.79. The molecule has 1 heterocycles. The summed E-state index contributed by atoms with van der Waals surface area (Å²) in [6.45, 7) is 0. The van der Waals surface area contributed by atoms with Gasteiger partial charge < -0.3 is 4.57 Å². The maximum atomic E-state index is 4.30. The van der Waals surface area contributed by atoms with Gasteiger partial charge >= 0.3 is 0 Å². The molecule has 21 heavy (non-hydrogen) atoms. The van der Waals surface area contributed by atoms with Crippen molar-refractivity contribution in [2.75, 3.05) is 0 Å². The fourth-order valence-electron chi connectivity index (χ4n) is 2.04. The average Bonchev–Trinajstić information content (AvgIpc) is 2.88. The molecule has 0 saturated heterocycles. The number of nitrogens with zero attached hydrogens (tertiary/aromatic N) is 3. The van der Waals surface area contributed by atoms with Crippen molar-refractivity contribution in [1.29, 1.82) is 0 Å². The molecule has 0 spiro atoms. The summed E-state index contributed by atoms with van der Waals surface area (Å²) in [7, 11) is 2.00. The van der Waals surface area contributed by atoms with Crippen LogP contribution in [-0.4, -0.2) is 14.8 Å². The van der Waals surface area contributed by atoms with Crippen molar-refractivity contribution in [3.05, 3.63) is 64.6 Å². The maximum Gasteiger partial charge on any atom is 0.191 e. The summed E-state index contributed by atoms with van der Waals surface area (Å²) in [4.78, 5) is 0. The smallest absolute Gasteiger partial charge is 0.191 e. The van der Waals surface area contributed by atoms with Gasteiger partial charge in [-0.25, -0.2) is 0 Å². The van der Waals surface area contributed by atoms with Crippen LogP contribution in [0.3, 0.4) is 0 Å². The normalized spacial score (nSPS) is 10.8. The van der Waals surface area contributed by atoms with Gasteiger partial charge in [-0.05, 0) is 11.6 Å². The molecule has 0 N–H and O–H groups in total. The number of aromatic nitrogens is 3. The van der Waals surface area contributed by atoms with E-state index in [1.54, 1.807) is 11.8 Å². The Labute approximate surface area is 136 Å². The van der Waals surface area contributed by atoms with Crippen molar-refractivity contribution in [2.45, 2.75) is 10.9 Å².